The number of hydrogen-bond acceptors (Lipinski definition) is 4. The first kappa shape index (κ1) is 14.0. The average molecular weight is 301 g/mol. The van der Waals surface area contributed by atoms with Gasteiger partial charge in [-0.1, -0.05) is 18.2 Å². The van der Waals surface area contributed by atoms with E-state index in [2.05, 4.69) is 15.0 Å². The van der Waals surface area contributed by atoms with Crippen molar-refractivity contribution in [1.29, 1.82) is 0 Å². The lowest BCUT2D eigenvalue weighted by Crippen LogP contribution is -2.24. The zero-order valence-corrected chi connectivity index (χ0v) is 11.8. The van der Waals surface area contributed by atoms with Crippen molar-refractivity contribution in [2.24, 2.45) is 0 Å². The van der Waals surface area contributed by atoms with Crippen LogP contribution < -0.4 is 4.90 Å². The Morgan fingerprint density at radius 1 is 1.11 bits per heavy atom. The van der Waals surface area contributed by atoms with Gasteiger partial charge in [0.1, 0.15) is 5.82 Å². The van der Waals surface area contributed by atoms with Crippen LogP contribution in [0.4, 0.5) is 10.3 Å². The third kappa shape index (κ3) is 3.11. The first-order valence-corrected chi connectivity index (χ1v) is 6.29. The second-order valence-corrected chi connectivity index (χ2v) is 4.66. The van der Waals surface area contributed by atoms with Crippen molar-refractivity contribution in [2.45, 2.75) is 13.0 Å². The van der Waals surface area contributed by atoms with Crippen molar-refractivity contribution in [3.05, 3.63) is 46.2 Å². The molecule has 1 aromatic carbocycles. The third-order valence-corrected chi connectivity index (χ3v) is 3.16. The van der Waals surface area contributed by atoms with E-state index < -0.39 is 0 Å². The molecule has 0 N–H and O–H groups in total. The Morgan fingerprint density at radius 3 is 2.26 bits per heavy atom. The highest BCUT2D eigenvalue weighted by atomic mass is 35.5. The predicted molar refractivity (Wildman–Crippen MR) is 73.1 cm³/mol. The molecule has 0 spiro atoms. The van der Waals surface area contributed by atoms with Crippen LogP contribution in [0.3, 0.4) is 0 Å². The van der Waals surface area contributed by atoms with Gasteiger partial charge in [0.15, 0.2) is 0 Å². The molecule has 0 radical (unpaired) electrons. The van der Waals surface area contributed by atoms with E-state index in [1.54, 1.807) is 30.1 Å². The molecule has 0 bridgehead atoms. The predicted octanol–water partition coefficient (Wildman–Crippen LogP) is 3.51. The summed E-state index contributed by atoms with van der Waals surface area (Å²) in [6.07, 6.45) is 0. The van der Waals surface area contributed by atoms with E-state index in [1.807, 2.05) is 6.92 Å². The molecule has 19 heavy (non-hydrogen) atoms. The van der Waals surface area contributed by atoms with Crippen LogP contribution in [0, 0.1) is 5.82 Å². The first-order valence-electron chi connectivity index (χ1n) is 5.53. The zero-order valence-electron chi connectivity index (χ0n) is 10.3. The number of anilines is 1. The fraction of sp³-hybridized carbons (Fsp3) is 0.250. The molecule has 0 saturated heterocycles. The van der Waals surface area contributed by atoms with Gasteiger partial charge in [-0.2, -0.15) is 15.0 Å². The maximum Gasteiger partial charge on any atom is 0.231 e. The summed E-state index contributed by atoms with van der Waals surface area (Å²) in [7, 11) is 1.74. The number of halogens is 3. The minimum atomic E-state index is -0.284. The summed E-state index contributed by atoms with van der Waals surface area (Å²) in [5, 5.41) is 0.00478. The lowest BCUT2D eigenvalue weighted by atomic mass is 10.1. The topological polar surface area (TPSA) is 41.9 Å². The number of hydrogen-bond donors (Lipinski definition) is 0. The highest BCUT2D eigenvalue weighted by Crippen LogP contribution is 2.25. The van der Waals surface area contributed by atoms with E-state index in [1.165, 1.54) is 6.07 Å². The van der Waals surface area contributed by atoms with Crippen molar-refractivity contribution in [1.82, 2.24) is 15.0 Å². The molecular weight excluding hydrogens is 290 g/mol. The SMILES string of the molecule is CC(c1ccccc1F)N(C)c1nc(Cl)nc(Cl)n1. The van der Waals surface area contributed by atoms with Gasteiger partial charge in [-0.05, 0) is 36.2 Å². The van der Waals surface area contributed by atoms with Crippen molar-refractivity contribution < 1.29 is 4.39 Å². The molecule has 1 atom stereocenters. The van der Waals surface area contributed by atoms with Gasteiger partial charge in [0, 0.05) is 12.6 Å². The summed E-state index contributed by atoms with van der Waals surface area (Å²) in [4.78, 5) is 13.3. The highest BCUT2D eigenvalue weighted by molar-refractivity contribution is 6.31. The molecular formula is C12H11Cl2FN4. The van der Waals surface area contributed by atoms with E-state index in [4.69, 9.17) is 23.2 Å². The van der Waals surface area contributed by atoms with Crippen LogP contribution in [0.5, 0.6) is 0 Å². The number of benzene rings is 1. The van der Waals surface area contributed by atoms with Gasteiger partial charge in [-0.15, -0.1) is 0 Å². The van der Waals surface area contributed by atoms with E-state index in [0.29, 0.717) is 11.5 Å². The minimum absolute atomic E-state index is 0.00239. The summed E-state index contributed by atoms with van der Waals surface area (Å²) in [6, 6.07) is 6.27. The van der Waals surface area contributed by atoms with E-state index in [9.17, 15) is 4.39 Å². The zero-order chi connectivity index (χ0) is 14.0. The Labute approximate surface area is 120 Å². The molecule has 1 heterocycles. The molecule has 1 aromatic heterocycles. The molecule has 0 aliphatic heterocycles. The molecule has 0 fully saturated rings. The number of rotatable bonds is 3. The fourth-order valence-corrected chi connectivity index (χ4v) is 2.02. The Hall–Kier alpha value is -1.46. The monoisotopic (exact) mass is 300 g/mol. The Balaban J connectivity index is 2.33. The van der Waals surface area contributed by atoms with E-state index in [0.717, 1.165) is 0 Å². The van der Waals surface area contributed by atoms with Gasteiger partial charge < -0.3 is 4.90 Å². The van der Waals surface area contributed by atoms with E-state index >= 15 is 0 Å². The fourth-order valence-electron chi connectivity index (χ4n) is 1.67. The van der Waals surface area contributed by atoms with Crippen LogP contribution >= 0.6 is 23.2 Å². The number of aromatic nitrogens is 3. The van der Waals surface area contributed by atoms with Crippen molar-refractivity contribution >= 4 is 29.2 Å². The molecule has 100 valence electrons. The second-order valence-electron chi connectivity index (χ2n) is 3.98. The first-order chi connectivity index (χ1) is 8.99. The lowest BCUT2D eigenvalue weighted by molar-refractivity contribution is 0.582. The molecule has 0 amide bonds. The van der Waals surface area contributed by atoms with Crippen LogP contribution in [-0.4, -0.2) is 22.0 Å². The average Bonchev–Trinajstić information content (AvgIpc) is 2.36. The smallest absolute Gasteiger partial charge is 0.231 e. The summed E-state index contributed by atoms with van der Waals surface area (Å²) in [5.74, 6) is 0.00820. The summed E-state index contributed by atoms with van der Waals surface area (Å²) >= 11 is 11.5. The molecule has 4 nitrogen and oxygen atoms in total. The molecule has 0 saturated carbocycles. The molecule has 1 unspecified atom stereocenters. The van der Waals surface area contributed by atoms with Crippen LogP contribution in [0.25, 0.3) is 0 Å². The maximum absolute atomic E-state index is 13.7. The van der Waals surface area contributed by atoms with Crippen LogP contribution in [0.1, 0.15) is 18.5 Å². The van der Waals surface area contributed by atoms with Gasteiger partial charge >= 0.3 is 0 Å². The Morgan fingerprint density at radius 2 is 1.68 bits per heavy atom. The molecule has 0 aliphatic rings. The van der Waals surface area contributed by atoms with Crippen LogP contribution in [-0.2, 0) is 0 Å². The maximum atomic E-state index is 13.7. The second kappa shape index (κ2) is 5.67. The normalized spacial score (nSPS) is 12.3. The van der Waals surface area contributed by atoms with Crippen molar-refractivity contribution in [3.63, 3.8) is 0 Å². The standard InChI is InChI=1S/C12H11Cl2FN4/c1-7(8-5-3-4-6-9(8)15)19(2)12-17-10(13)16-11(14)18-12/h3-7H,1-2H3. The minimum Gasteiger partial charge on any atom is -0.337 e. The summed E-state index contributed by atoms with van der Waals surface area (Å²) < 4.78 is 13.7. The summed E-state index contributed by atoms with van der Waals surface area (Å²) in [5.41, 5.74) is 0.539. The van der Waals surface area contributed by atoms with Crippen LogP contribution in [0.2, 0.25) is 10.6 Å². The largest absolute Gasteiger partial charge is 0.337 e. The molecule has 2 rings (SSSR count). The lowest BCUT2D eigenvalue weighted by Gasteiger charge is -2.25. The van der Waals surface area contributed by atoms with Gasteiger partial charge in [0.05, 0.1) is 6.04 Å². The van der Waals surface area contributed by atoms with Gasteiger partial charge in [-0.3, -0.25) is 0 Å². The van der Waals surface area contributed by atoms with Crippen LogP contribution in [0.15, 0.2) is 24.3 Å². The highest BCUT2D eigenvalue weighted by Gasteiger charge is 2.18. The van der Waals surface area contributed by atoms with Gasteiger partial charge in [0.2, 0.25) is 16.5 Å². The van der Waals surface area contributed by atoms with E-state index in [-0.39, 0.29) is 22.4 Å². The van der Waals surface area contributed by atoms with Gasteiger partial charge in [-0.25, -0.2) is 4.39 Å². The Bertz CT molecular complexity index is 573. The molecule has 7 heteroatoms. The van der Waals surface area contributed by atoms with Gasteiger partial charge in [0.25, 0.3) is 0 Å². The Kier molecular flexibility index (Phi) is 4.17. The quantitative estimate of drug-likeness (QED) is 0.870. The van der Waals surface area contributed by atoms with Crippen molar-refractivity contribution in [3.8, 4) is 0 Å². The number of nitrogens with zero attached hydrogens (tertiary/aromatic N) is 4. The summed E-state index contributed by atoms with van der Waals surface area (Å²) in [6.45, 7) is 1.84. The van der Waals surface area contributed by atoms with Crippen molar-refractivity contribution in [2.75, 3.05) is 11.9 Å². The molecule has 2 aromatic rings. The molecule has 0 aliphatic carbocycles. The third-order valence-electron chi connectivity index (χ3n) is 2.82.